The molecule has 0 bridgehead atoms. The van der Waals surface area contributed by atoms with Crippen molar-refractivity contribution in [3.8, 4) is 0 Å². The maximum absolute atomic E-state index is 9.09. The fourth-order valence-electron chi connectivity index (χ4n) is 0.789. The first-order valence-corrected chi connectivity index (χ1v) is 2.69. The molecule has 0 spiro atoms. The molecule has 1 aliphatic rings. The zero-order chi connectivity index (χ0) is 5.33. The topological polar surface area (TPSA) is 46.2 Å². The summed E-state index contributed by atoms with van der Waals surface area (Å²) in [6.07, 6.45) is 2.96. The molecular weight excluding hydrogens is 126 g/mol. The molecule has 0 aliphatic heterocycles. The summed E-state index contributed by atoms with van der Waals surface area (Å²) in [6, 6.07) is 0. The Morgan fingerprint density at radius 1 is 1.50 bits per heavy atom. The Balaban J connectivity index is 0.000000490. The Morgan fingerprint density at radius 3 is 2.00 bits per heavy atom. The summed E-state index contributed by atoms with van der Waals surface area (Å²) in [4.78, 5) is 0. The summed E-state index contributed by atoms with van der Waals surface area (Å²) >= 11 is 0. The van der Waals surface area contributed by atoms with Gasteiger partial charge in [0, 0.05) is 6.54 Å². The molecular formula is C5H12ClNO. The van der Waals surface area contributed by atoms with Crippen LogP contribution in [0, 0.1) is 0 Å². The van der Waals surface area contributed by atoms with E-state index in [2.05, 4.69) is 0 Å². The molecule has 1 saturated carbocycles. The molecule has 1 rings (SSSR count). The minimum absolute atomic E-state index is 0. The molecule has 0 aromatic rings. The fourth-order valence-corrected chi connectivity index (χ4v) is 0.789. The SMILES string of the molecule is Cl.NCC1(O)CCC1. The van der Waals surface area contributed by atoms with Crippen molar-refractivity contribution in [2.24, 2.45) is 5.73 Å². The van der Waals surface area contributed by atoms with E-state index in [-0.39, 0.29) is 12.4 Å². The number of nitrogens with two attached hydrogens (primary N) is 1. The molecule has 0 heterocycles. The van der Waals surface area contributed by atoms with Gasteiger partial charge >= 0.3 is 0 Å². The second-order valence-electron chi connectivity index (χ2n) is 2.28. The lowest BCUT2D eigenvalue weighted by atomic mass is 9.81. The highest BCUT2D eigenvalue weighted by molar-refractivity contribution is 5.85. The molecule has 3 N–H and O–H groups in total. The molecule has 0 saturated heterocycles. The van der Waals surface area contributed by atoms with Crippen LogP contribution in [0.25, 0.3) is 0 Å². The van der Waals surface area contributed by atoms with E-state index in [1.807, 2.05) is 0 Å². The second kappa shape index (κ2) is 2.67. The van der Waals surface area contributed by atoms with Crippen molar-refractivity contribution >= 4 is 12.4 Å². The van der Waals surface area contributed by atoms with Crippen molar-refractivity contribution in [3.05, 3.63) is 0 Å². The van der Waals surface area contributed by atoms with E-state index in [0.717, 1.165) is 19.3 Å². The van der Waals surface area contributed by atoms with Crippen molar-refractivity contribution in [2.75, 3.05) is 6.54 Å². The predicted molar refractivity (Wildman–Crippen MR) is 35.1 cm³/mol. The van der Waals surface area contributed by atoms with Gasteiger partial charge < -0.3 is 10.8 Å². The normalized spacial score (nSPS) is 23.2. The largest absolute Gasteiger partial charge is 0.389 e. The summed E-state index contributed by atoms with van der Waals surface area (Å²) in [5.41, 5.74) is 4.76. The van der Waals surface area contributed by atoms with Crippen LogP contribution in [0.5, 0.6) is 0 Å². The highest BCUT2D eigenvalue weighted by atomic mass is 35.5. The molecule has 8 heavy (non-hydrogen) atoms. The van der Waals surface area contributed by atoms with Gasteiger partial charge in [-0.2, -0.15) is 0 Å². The quantitative estimate of drug-likeness (QED) is 0.546. The van der Waals surface area contributed by atoms with Gasteiger partial charge in [0.15, 0.2) is 0 Å². The van der Waals surface area contributed by atoms with Crippen molar-refractivity contribution in [1.29, 1.82) is 0 Å². The van der Waals surface area contributed by atoms with E-state index in [4.69, 9.17) is 10.8 Å². The number of halogens is 1. The number of hydrogen-bond acceptors (Lipinski definition) is 2. The van der Waals surface area contributed by atoms with Crippen LogP contribution < -0.4 is 5.73 Å². The minimum atomic E-state index is -0.458. The molecule has 0 aromatic carbocycles. The highest BCUT2D eigenvalue weighted by Crippen LogP contribution is 2.29. The monoisotopic (exact) mass is 137 g/mol. The maximum Gasteiger partial charge on any atom is 0.0769 e. The highest BCUT2D eigenvalue weighted by Gasteiger charge is 2.32. The summed E-state index contributed by atoms with van der Waals surface area (Å²) in [6.45, 7) is 0.438. The van der Waals surface area contributed by atoms with Gasteiger partial charge in [-0.1, -0.05) is 0 Å². The van der Waals surface area contributed by atoms with E-state index in [1.165, 1.54) is 0 Å². The smallest absolute Gasteiger partial charge is 0.0769 e. The van der Waals surface area contributed by atoms with E-state index in [9.17, 15) is 0 Å². The first-order valence-electron chi connectivity index (χ1n) is 2.69. The summed E-state index contributed by atoms with van der Waals surface area (Å²) in [5.74, 6) is 0. The summed E-state index contributed by atoms with van der Waals surface area (Å²) < 4.78 is 0. The van der Waals surface area contributed by atoms with E-state index in [0.29, 0.717) is 6.54 Å². The standard InChI is InChI=1S/C5H11NO.ClH/c6-4-5(7)2-1-3-5;/h7H,1-4,6H2;1H. The molecule has 1 fully saturated rings. The van der Waals surface area contributed by atoms with E-state index in [1.54, 1.807) is 0 Å². The summed E-state index contributed by atoms with van der Waals surface area (Å²) in [5, 5.41) is 9.09. The van der Waals surface area contributed by atoms with Gasteiger partial charge in [-0.15, -0.1) is 12.4 Å². The lowest BCUT2D eigenvalue weighted by Gasteiger charge is -2.34. The molecule has 3 heteroatoms. The molecule has 50 valence electrons. The molecule has 1 aliphatic carbocycles. The Labute approximate surface area is 55.5 Å². The van der Waals surface area contributed by atoms with Crippen molar-refractivity contribution < 1.29 is 5.11 Å². The first-order chi connectivity index (χ1) is 3.27. The Kier molecular flexibility index (Phi) is 2.74. The van der Waals surface area contributed by atoms with Crippen LogP contribution in [0.15, 0.2) is 0 Å². The number of aliphatic hydroxyl groups is 1. The lowest BCUT2D eigenvalue weighted by molar-refractivity contribution is -0.0240. The predicted octanol–water partition coefficient (Wildman–Crippen LogP) is 0.282. The van der Waals surface area contributed by atoms with Crippen molar-refractivity contribution in [1.82, 2.24) is 0 Å². The van der Waals surface area contributed by atoms with Gasteiger partial charge in [0.05, 0.1) is 5.60 Å². The van der Waals surface area contributed by atoms with Crippen LogP contribution in [-0.4, -0.2) is 17.3 Å². The van der Waals surface area contributed by atoms with E-state index >= 15 is 0 Å². The third-order valence-electron chi connectivity index (χ3n) is 1.66. The Bertz CT molecular complexity index is 67.3. The molecule has 0 radical (unpaired) electrons. The lowest BCUT2D eigenvalue weighted by Crippen LogP contribution is -2.43. The van der Waals surface area contributed by atoms with Crippen LogP contribution in [0.3, 0.4) is 0 Å². The van der Waals surface area contributed by atoms with Gasteiger partial charge in [-0.05, 0) is 19.3 Å². The van der Waals surface area contributed by atoms with Crippen LogP contribution >= 0.6 is 12.4 Å². The molecule has 2 nitrogen and oxygen atoms in total. The zero-order valence-electron chi connectivity index (χ0n) is 4.76. The average Bonchev–Trinajstić information content (AvgIpc) is 1.61. The summed E-state index contributed by atoms with van der Waals surface area (Å²) in [7, 11) is 0. The van der Waals surface area contributed by atoms with Gasteiger partial charge in [-0.3, -0.25) is 0 Å². The third-order valence-corrected chi connectivity index (χ3v) is 1.66. The number of rotatable bonds is 1. The molecule has 0 aromatic heterocycles. The zero-order valence-corrected chi connectivity index (χ0v) is 5.58. The van der Waals surface area contributed by atoms with Crippen LogP contribution in [0.1, 0.15) is 19.3 Å². The van der Waals surface area contributed by atoms with Gasteiger partial charge in [0.1, 0.15) is 0 Å². The Hall–Kier alpha value is 0.210. The minimum Gasteiger partial charge on any atom is -0.389 e. The maximum atomic E-state index is 9.09. The molecule has 0 amide bonds. The van der Waals surface area contributed by atoms with Crippen molar-refractivity contribution in [3.63, 3.8) is 0 Å². The third kappa shape index (κ3) is 1.34. The van der Waals surface area contributed by atoms with Gasteiger partial charge in [0.2, 0.25) is 0 Å². The second-order valence-corrected chi connectivity index (χ2v) is 2.28. The van der Waals surface area contributed by atoms with Gasteiger partial charge in [-0.25, -0.2) is 0 Å². The van der Waals surface area contributed by atoms with Crippen LogP contribution in [-0.2, 0) is 0 Å². The van der Waals surface area contributed by atoms with Crippen molar-refractivity contribution in [2.45, 2.75) is 24.9 Å². The fraction of sp³-hybridized carbons (Fsp3) is 1.00. The Morgan fingerprint density at radius 2 is 2.00 bits per heavy atom. The van der Waals surface area contributed by atoms with Gasteiger partial charge in [0.25, 0.3) is 0 Å². The van der Waals surface area contributed by atoms with E-state index < -0.39 is 5.60 Å². The van der Waals surface area contributed by atoms with Crippen LogP contribution in [0.4, 0.5) is 0 Å². The average molecular weight is 138 g/mol. The molecule has 0 atom stereocenters. The number of hydrogen-bond donors (Lipinski definition) is 2. The first kappa shape index (κ1) is 8.21. The molecule has 0 unspecified atom stereocenters. The van der Waals surface area contributed by atoms with Crippen LogP contribution in [0.2, 0.25) is 0 Å².